The lowest BCUT2D eigenvalue weighted by atomic mass is 10.0. The first-order valence-corrected chi connectivity index (χ1v) is 7.69. The second kappa shape index (κ2) is 8.62. The molecule has 3 N–H and O–H groups in total. The van der Waals surface area contributed by atoms with E-state index in [0.29, 0.717) is 17.2 Å². The smallest absolute Gasteiger partial charge is 0.251 e. The van der Waals surface area contributed by atoms with Gasteiger partial charge >= 0.3 is 0 Å². The molecular formula is C16H24N2O2S. The van der Waals surface area contributed by atoms with Gasteiger partial charge in [-0.3, -0.25) is 4.79 Å². The Labute approximate surface area is 132 Å². The predicted octanol–water partition coefficient (Wildman–Crippen LogP) is 2.91. The van der Waals surface area contributed by atoms with Gasteiger partial charge in [0.05, 0.1) is 17.6 Å². The molecule has 0 radical (unpaired) electrons. The Balaban J connectivity index is 2.64. The fourth-order valence-corrected chi connectivity index (χ4v) is 2.16. The van der Waals surface area contributed by atoms with Crippen LogP contribution in [-0.2, 0) is 0 Å². The zero-order valence-corrected chi connectivity index (χ0v) is 13.7. The van der Waals surface area contributed by atoms with Crippen LogP contribution in [0.1, 0.15) is 44.0 Å². The molecule has 0 spiro atoms. The van der Waals surface area contributed by atoms with E-state index in [1.165, 1.54) is 0 Å². The van der Waals surface area contributed by atoms with Crippen molar-refractivity contribution in [1.82, 2.24) is 5.32 Å². The van der Waals surface area contributed by atoms with Crippen LogP contribution in [-0.4, -0.2) is 23.5 Å². The van der Waals surface area contributed by atoms with E-state index in [1.807, 2.05) is 13.8 Å². The van der Waals surface area contributed by atoms with Crippen LogP contribution in [0.4, 0.5) is 0 Å². The molecule has 116 valence electrons. The molecule has 0 fully saturated rings. The summed E-state index contributed by atoms with van der Waals surface area (Å²) in [5.74, 6) is 0.750. The SMILES string of the molecule is CCCCOc1ccc(C(=O)NC(C(N)=S)C(C)C)cc1. The van der Waals surface area contributed by atoms with E-state index in [2.05, 4.69) is 12.2 Å². The fourth-order valence-electron chi connectivity index (χ4n) is 1.83. The standard InChI is InChI=1S/C16H24N2O2S/c1-4-5-10-20-13-8-6-12(7-9-13)16(19)18-14(11(2)3)15(17)21/h6-9,11,14H,4-5,10H2,1-3H3,(H2,17,21)(H,18,19). The van der Waals surface area contributed by atoms with Crippen molar-refractivity contribution in [2.24, 2.45) is 11.7 Å². The largest absolute Gasteiger partial charge is 0.494 e. The van der Waals surface area contributed by atoms with E-state index in [4.69, 9.17) is 22.7 Å². The number of carbonyl (C=O) groups excluding carboxylic acids is 1. The molecule has 0 aliphatic rings. The van der Waals surface area contributed by atoms with Gasteiger partial charge in [-0.25, -0.2) is 0 Å². The van der Waals surface area contributed by atoms with Crippen molar-refractivity contribution in [2.45, 2.75) is 39.7 Å². The maximum absolute atomic E-state index is 12.2. The summed E-state index contributed by atoms with van der Waals surface area (Å²) in [6.07, 6.45) is 2.11. The summed E-state index contributed by atoms with van der Waals surface area (Å²) in [6, 6.07) is 6.79. The number of rotatable bonds is 8. The lowest BCUT2D eigenvalue weighted by Gasteiger charge is -2.21. The van der Waals surface area contributed by atoms with Gasteiger partial charge in [-0.1, -0.05) is 39.4 Å². The van der Waals surface area contributed by atoms with Gasteiger partial charge in [-0.05, 0) is 36.6 Å². The summed E-state index contributed by atoms with van der Waals surface area (Å²) in [5, 5.41) is 2.86. The number of hydrogen-bond donors (Lipinski definition) is 2. The molecule has 0 saturated carbocycles. The molecule has 0 aliphatic carbocycles. The molecule has 1 aromatic rings. The maximum Gasteiger partial charge on any atom is 0.251 e. The van der Waals surface area contributed by atoms with Gasteiger partial charge in [0.25, 0.3) is 5.91 Å². The number of nitrogens with two attached hydrogens (primary N) is 1. The average molecular weight is 308 g/mol. The third kappa shape index (κ3) is 5.71. The Hall–Kier alpha value is -1.62. The van der Waals surface area contributed by atoms with Crippen LogP contribution in [0, 0.1) is 5.92 Å². The molecule has 4 nitrogen and oxygen atoms in total. The molecule has 1 rings (SSSR count). The Morgan fingerprint density at radius 3 is 2.43 bits per heavy atom. The van der Waals surface area contributed by atoms with Crippen LogP contribution in [0.5, 0.6) is 5.75 Å². The Morgan fingerprint density at radius 1 is 1.33 bits per heavy atom. The molecule has 0 aromatic heterocycles. The molecule has 1 atom stereocenters. The van der Waals surface area contributed by atoms with E-state index >= 15 is 0 Å². The predicted molar refractivity (Wildman–Crippen MR) is 89.7 cm³/mol. The number of carbonyl (C=O) groups is 1. The third-order valence-corrected chi connectivity index (χ3v) is 3.40. The minimum Gasteiger partial charge on any atom is -0.494 e. The molecule has 1 unspecified atom stereocenters. The molecule has 0 bridgehead atoms. The summed E-state index contributed by atoms with van der Waals surface area (Å²) >= 11 is 4.98. The minimum absolute atomic E-state index is 0.156. The molecule has 0 heterocycles. The number of amides is 1. The van der Waals surface area contributed by atoms with Crippen molar-refractivity contribution in [2.75, 3.05) is 6.61 Å². The number of hydrogen-bond acceptors (Lipinski definition) is 3. The minimum atomic E-state index is -0.298. The Kier molecular flexibility index (Phi) is 7.15. The first-order chi connectivity index (χ1) is 9.95. The molecule has 0 aliphatic heterocycles. The van der Waals surface area contributed by atoms with Crippen molar-refractivity contribution in [3.05, 3.63) is 29.8 Å². The summed E-state index contributed by atoms with van der Waals surface area (Å²) in [5.41, 5.74) is 6.22. The summed E-state index contributed by atoms with van der Waals surface area (Å²) in [6.45, 7) is 6.74. The molecule has 1 amide bonds. The van der Waals surface area contributed by atoms with E-state index in [1.54, 1.807) is 24.3 Å². The topological polar surface area (TPSA) is 64.3 Å². The second-order valence-corrected chi connectivity index (χ2v) is 5.80. The Bertz CT molecular complexity index is 472. The van der Waals surface area contributed by atoms with Gasteiger partial charge in [-0.2, -0.15) is 0 Å². The molecule has 5 heteroatoms. The van der Waals surface area contributed by atoms with Crippen LogP contribution in [0.3, 0.4) is 0 Å². The van der Waals surface area contributed by atoms with Gasteiger partial charge < -0.3 is 15.8 Å². The number of nitrogens with one attached hydrogen (secondary N) is 1. The highest BCUT2D eigenvalue weighted by Gasteiger charge is 2.19. The van der Waals surface area contributed by atoms with Gasteiger partial charge in [0.15, 0.2) is 0 Å². The number of thiocarbonyl (C=S) groups is 1. The normalized spacial score (nSPS) is 12.0. The van der Waals surface area contributed by atoms with Crippen molar-refractivity contribution in [1.29, 1.82) is 0 Å². The van der Waals surface area contributed by atoms with Crippen molar-refractivity contribution in [3.63, 3.8) is 0 Å². The lowest BCUT2D eigenvalue weighted by Crippen LogP contribution is -2.46. The van der Waals surface area contributed by atoms with E-state index in [9.17, 15) is 4.79 Å². The summed E-state index contributed by atoms with van der Waals surface area (Å²) in [4.78, 5) is 12.5. The highest BCUT2D eigenvalue weighted by Crippen LogP contribution is 2.13. The maximum atomic E-state index is 12.2. The summed E-state index contributed by atoms with van der Waals surface area (Å²) < 4.78 is 5.57. The average Bonchev–Trinajstić information content (AvgIpc) is 2.44. The van der Waals surface area contributed by atoms with Crippen LogP contribution < -0.4 is 15.8 Å². The zero-order valence-electron chi connectivity index (χ0n) is 12.9. The van der Waals surface area contributed by atoms with Crippen molar-refractivity contribution < 1.29 is 9.53 Å². The first kappa shape index (κ1) is 17.4. The van der Waals surface area contributed by atoms with Gasteiger partial charge in [0, 0.05) is 5.56 Å². The highest BCUT2D eigenvalue weighted by molar-refractivity contribution is 7.80. The first-order valence-electron chi connectivity index (χ1n) is 7.28. The summed E-state index contributed by atoms with van der Waals surface area (Å²) in [7, 11) is 0. The van der Waals surface area contributed by atoms with Crippen LogP contribution in [0.2, 0.25) is 0 Å². The monoisotopic (exact) mass is 308 g/mol. The van der Waals surface area contributed by atoms with Crippen LogP contribution in [0.25, 0.3) is 0 Å². The van der Waals surface area contributed by atoms with Gasteiger partial charge in [0.1, 0.15) is 5.75 Å². The number of benzene rings is 1. The van der Waals surface area contributed by atoms with E-state index in [-0.39, 0.29) is 17.9 Å². The molecule has 0 saturated heterocycles. The zero-order chi connectivity index (χ0) is 15.8. The molecule has 1 aromatic carbocycles. The van der Waals surface area contributed by atoms with Crippen LogP contribution >= 0.6 is 12.2 Å². The van der Waals surface area contributed by atoms with E-state index < -0.39 is 0 Å². The second-order valence-electron chi connectivity index (χ2n) is 5.32. The fraction of sp³-hybridized carbons (Fsp3) is 0.500. The van der Waals surface area contributed by atoms with Crippen LogP contribution in [0.15, 0.2) is 24.3 Å². The van der Waals surface area contributed by atoms with Gasteiger partial charge in [-0.15, -0.1) is 0 Å². The quantitative estimate of drug-likeness (QED) is 0.572. The molecular weight excluding hydrogens is 284 g/mol. The van der Waals surface area contributed by atoms with Crippen molar-refractivity contribution >= 4 is 23.1 Å². The third-order valence-electron chi connectivity index (χ3n) is 3.14. The highest BCUT2D eigenvalue weighted by atomic mass is 32.1. The number of ether oxygens (including phenoxy) is 1. The molecule has 21 heavy (non-hydrogen) atoms. The van der Waals surface area contributed by atoms with E-state index in [0.717, 1.165) is 18.6 Å². The number of unbranched alkanes of at least 4 members (excludes halogenated alkanes) is 1. The van der Waals surface area contributed by atoms with Gasteiger partial charge in [0.2, 0.25) is 0 Å². The Morgan fingerprint density at radius 2 is 1.95 bits per heavy atom. The van der Waals surface area contributed by atoms with Crippen molar-refractivity contribution in [3.8, 4) is 5.75 Å². The lowest BCUT2D eigenvalue weighted by molar-refractivity contribution is 0.0940.